The number of likely N-dealkylation sites (N-methyl/N-ethyl adjacent to an activating group) is 1. The number of nitrogens with zero attached hydrogens (tertiary/aromatic N) is 3. The van der Waals surface area contributed by atoms with E-state index in [0.717, 1.165) is 0 Å². The summed E-state index contributed by atoms with van der Waals surface area (Å²) in [6.07, 6.45) is 0. The minimum Gasteiger partial charge on any atom is -0.360 e. The van der Waals surface area contributed by atoms with Gasteiger partial charge in [-0.05, 0) is 20.8 Å². The van der Waals surface area contributed by atoms with Crippen molar-refractivity contribution in [1.29, 1.82) is 0 Å². The molecule has 0 aromatic carbocycles. The van der Waals surface area contributed by atoms with Crippen LogP contribution in [0.4, 0.5) is 5.82 Å². The molecular weight excluding hydrogens is 234 g/mol. The van der Waals surface area contributed by atoms with E-state index in [1.165, 1.54) is 11.8 Å². The molecule has 100 valence electrons. The van der Waals surface area contributed by atoms with E-state index in [4.69, 9.17) is 4.52 Å². The number of hydrogen-bond acceptors (Lipinski definition) is 4. The van der Waals surface area contributed by atoms with Gasteiger partial charge in [0.05, 0.1) is 0 Å². The van der Waals surface area contributed by atoms with E-state index in [1.54, 1.807) is 17.9 Å². The molecule has 0 spiro atoms. The molecule has 0 saturated carbocycles. The van der Waals surface area contributed by atoms with Gasteiger partial charge in [0.25, 0.3) is 0 Å². The lowest BCUT2D eigenvalue weighted by molar-refractivity contribution is -0.130. The van der Waals surface area contributed by atoms with Gasteiger partial charge in [0.1, 0.15) is 12.3 Å². The molecule has 0 fully saturated rings. The lowest BCUT2D eigenvalue weighted by Gasteiger charge is -2.23. The van der Waals surface area contributed by atoms with Gasteiger partial charge in [-0.15, -0.1) is 0 Å². The van der Waals surface area contributed by atoms with E-state index in [2.05, 4.69) is 5.16 Å². The topological polar surface area (TPSA) is 66.7 Å². The quantitative estimate of drug-likeness (QED) is 0.791. The van der Waals surface area contributed by atoms with Crippen LogP contribution in [-0.2, 0) is 9.59 Å². The van der Waals surface area contributed by atoms with E-state index in [1.807, 2.05) is 13.8 Å². The molecule has 6 nitrogen and oxygen atoms in total. The Morgan fingerprint density at radius 1 is 1.33 bits per heavy atom. The Bertz CT molecular complexity index is 424. The van der Waals surface area contributed by atoms with Crippen molar-refractivity contribution in [3.63, 3.8) is 0 Å². The monoisotopic (exact) mass is 253 g/mol. The molecule has 0 aliphatic carbocycles. The third kappa shape index (κ3) is 3.32. The molecule has 0 atom stereocenters. The number of hydrogen-bond donors (Lipinski definition) is 0. The number of carbonyl (C=O) groups excluding carboxylic acids is 2. The number of amides is 2. The van der Waals surface area contributed by atoms with Crippen LogP contribution in [0.1, 0.15) is 26.5 Å². The van der Waals surface area contributed by atoms with Gasteiger partial charge in [-0.2, -0.15) is 0 Å². The Morgan fingerprint density at radius 3 is 2.33 bits per heavy atom. The number of aromatic nitrogens is 1. The molecule has 1 rings (SSSR count). The molecule has 1 heterocycles. The van der Waals surface area contributed by atoms with Gasteiger partial charge in [-0.25, -0.2) is 0 Å². The van der Waals surface area contributed by atoms with Crippen LogP contribution >= 0.6 is 0 Å². The van der Waals surface area contributed by atoms with Crippen LogP contribution in [0.5, 0.6) is 0 Å². The van der Waals surface area contributed by atoms with Crippen molar-refractivity contribution in [3.05, 3.63) is 11.8 Å². The Morgan fingerprint density at radius 2 is 1.94 bits per heavy atom. The first-order valence-corrected chi connectivity index (χ1v) is 5.98. The van der Waals surface area contributed by atoms with Crippen LogP contribution < -0.4 is 4.90 Å². The molecule has 1 aromatic heterocycles. The van der Waals surface area contributed by atoms with E-state index in [-0.39, 0.29) is 18.4 Å². The minimum absolute atomic E-state index is 0.0109. The first-order chi connectivity index (χ1) is 8.49. The van der Waals surface area contributed by atoms with Crippen molar-refractivity contribution in [2.45, 2.75) is 27.7 Å². The van der Waals surface area contributed by atoms with Crippen molar-refractivity contribution in [2.75, 3.05) is 24.5 Å². The maximum Gasteiger partial charge on any atom is 0.242 e. The maximum absolute atomic E-state index is 12.0. The molecule has 1 aromatic rings. The largest absolute Gasteiger partial charge is 0.360 e. The fourth-order valence-corrected chi connectivity index (χ4v) is 1.65. The molecule has 0 aliphatic heterocycles. The predicted octanol–water partition coefficient (Wildman–Crippen LogP) is 1.20. The summed E-state index contributed by atoms with van der Waals surface area (Å²) in [4.78, 5) is 26.5. The van der Waals surface area contributed by atoms with E-state index >= 15 is 0 Å². The molecule has 18 heavy (non-hydrogen) atoms. The summed E-state index contributed by atoms with van der Waals surface area (Å²) in [5.74, 6) is 0.645. The molecular formula is C12H19N3O3. The van der Waals surface area contributed by atoms with Crippen molar-refractivity contribution in [2.24, 2.45) is 0 Å². The van der Waals surface area contributed by atoms with Gasteiger partial charge >= 0.3 is 0 Å². The highest BCUT2D eigenvalue weighted by molar-refractivity contribution is 5.96. The van der Waals surface area contributed by atoms with Crippen LogP contribution in [-0.4, -0.2) is 41.5 Å². The maximum atomic E-state index is 12.0. The van der Waals surface area contributed by atoms with Gasteiger partial charge in [-0.1, -0.05) is 5.16 Å². The summed E-state index contributed by atoms with van der Waals surface area (Å²) in [6, 6.07) is 1.64. The fourth-order valence-electron chi connectivity index (χ4n) is 1.65. The first kappa shape index (κ1) is 14.2. The Labute approximate surface area is 107 Å². The van der Waals surface area contributed by atoms with Gasteiger partial charge in [-0.3, -0.25) is 14.5 Å². The molecule has 0 N–H and O–H groups in total. The molecule has 0 radical (unpaired) electrons. The van der Waals surface area contributed by atoms with Crippen molar-refractivity contribution in [3.8, 4) is 0 Å². The zero-order valence-corrected chi connectivity index (χ0v) is 11.3. The van der Waals surface area contributed by atoms with Gasteiger partial charge < -0.3 is 9.42 Å². The van der Waals surface area contributed by atoms with Crippen LogP contribution in [0, 0.1) is 6.92 Å². The Balaban J connectivity index is 2.82. The molecule has 0 aliphatic rings. The number of rotatable bonds is 5. The molecule has 0 saturated heterocycles. The highest BCUT2D eigenvalue weighted by atomic mass is 16.5. The Kier molecular flexibility index (Phi) is 4.88. The second kappa shape index (κ2) is 6.18. The summed E-state index contributed by atoms with van der Waals surface area (Å²) in [6.45, 7) is 8.18. The van der Waals surface area contributed by atoms with Crippen LogP contribution in [0.15, 0.2) is 10.6 Å². The van der Waals surface area contributed by atoms with Gasteiger partial charge in [0, 0.05) is 26.1 Å². The second-order valence-corrected chi connectivity index (χ2v) is 3.97. The summed E-state index contributed by atoms with van der Waals surface area (Å²) in [5, 5.41) is 3.76. The average Bonchev–Trinajstić information content (AvgIpc) is 2.73. The third-order valence-corrected chi connectivity index (χ3v) is 2.68. The third-order valence-electron chi connectivity index (χ3n) is 2.68. The summed E-state index contributed by atoms with van der Waals surface area (Å²) in [5.41, 5.74) is 0. The average molecular weight is 253 g/mol. The van der Waals surface area contributed by atoms with E-state index in [0.29, 0.717) is 24.7 Å². The van der Waals surface area contributed by atoms with Gasteiger partial charge in [0.15, 0.2) is 5.82 Å². The van der Waals surface area contributed by atoms with Crippen molar-refractivity contribution < 1.29 is 14.1 Å². The highest BCUT2D eigenvalue weighted by Crippen LogP contribution is 2.14. The fraction of sp³-hybridized carbons (Fsp3) is 0.583. The molecule has 0 unspecified atom stereocenters. The lowest BCUT2D eigenvalue weighted by Crippen LogP contribution is -2.42. The van der Waals surface area contributed by atoms with Crippen molar-refractivity contribution in [1.82, 2.24) is 10.1 Å². The van der Waals surface area contributed by atoms with Gasteiger partial charge in [0.2, 0.25) is 11.8 Å². The normalized spacial score (nSPS) is 10.2. The zero-order valence-electron chi connectivity index (χ0n) is 11.3. The molecule has 0 bridgehead atoms. The second-order valence-electron chi connectivity index (χ2n) is 3.97. The molecule has 2 amide bonds. The minimum atomic E-state index is -0.233. The van der Waals surface area contributed by atoms with Crippen molar-refractivity contribution >= 4 is 17.6 Å². The number of anilines is 1. The van der Waals surface area contributed by atoms with E-state index < -0.39 is 0 Å². The van der Waals surface area contributed by atoms with Crippen LogP contribution in [0.25, 0.3) is 0 Å². The van der Waals surface area contributed by atoms with E-state index in [9.17, 15) is 9.59 Å². The SMILES string of the molecule is CCN(CC)C(=O)CN(C(C)=O)c1cc(C)on1. The summed E-state index contributed by atoms with van der Waals surface area (Å²) < 4.78 is 4.92. The van der Waals surface area contributed by atoms with Crippen LogP contribution in [0.2, 0.25) is 0 Å². The lowest BCUT2D eigenvalue weighted by atomic mass is 10.3. The zero-order chi connectivity index (χ0) is 13.7. The first-order valence-electron chi connectivity index (χ1n) is 5.98. The Hall–Kier alpha value is -1.85. The standard InChI is InChI=1S/C12H19N3O3/c1-5-14(6-2)12(17)8-15(10(4)16)11-7-9(3)18-13-11/h7H,5-6,8H2,1-4H3. The number of carbonyl (C=O) groups is 2. The molecule has 6 heteroatoms. The smallest absolute Gasteiger partial charge is 0.242 e. The summed E-state index contributed by atoms with van der Waals surface area (Å²) >= 11 is 0. The predicted molar refractivity (Wildman–Crippen MR) is 67.2 cm³/mol. The van der Waals surface area contributed by atoms with Crippen LogP contribution in [0.3, 0.4) is 0 Å². The number of aryl methyl sites for hydroxylation is 1. The highest BCUT2D eigenvalue weighted by Gasteiger charge is 2.21. The summed E-state index contributed by atoms with van der Waals surface area (Å²) in [7, 11) is 0.